The minimum Gasteiger partial charge on any atom is -0.369 e. The molecule has 2 aliphatic carbocycles. The molecule has 26 heavy (non-hydrogen) atoms. The molecule has 1 saturated carbocycles. The van der Waals surface area contributed by atoms with E-state index >= 15 is 0 Å². The van der Waals surface area contributed by atoms with E-state index < -0.39 is 0 Å². The maximum absolute atomic E-state index is 4.78. The summed E-state index contributed by atoms with van der Waals surface area (Å²) in [5.41, 5.74) is 6.21. The van der Waals surface area contributed by atoms with Gasteiger partial charge in [-0.15, -0.1) is 0 Å². The van der Waals surface area contributed by atoms with Crippen LogP contribution in [0.2, 0.25) is 0 Å². The van der Waals surface area contributed by atoms with E-state index in [1.54, 1.807) is 17.3 Å². The number of hydrogen-bond donors (Lipinski definition) is 1. The highest BCUT2D eigenvalue weighted by Crippen LogP contribution is 2.61. The van der Waals surface area contributed by atoms with Crippen molar-refractivity contribution in [1.82, 2.24) is 15.0 Å². The molecule has 0 bridgehead atoms. The van der Waals surface area contributed by atoms with Crippen LogP contribution in [-0.2, 0) is 6.42 Å². The van der Waals surface area contributed by atoms with Gasteiger partial charge in [0.2, 0.25) is 0 Å². The highest BCUT2D eigenvalue weighted by molar-refractivity contribution is 5.58. The average molecular weight is 342 g/mol. The maximum Gasteiger partial charge on any atom is 0.163 e. The van der Waals surface area contributed by atoms with Gasteiger partial charge in [0.25, 0.3) is 0 Å². The van der Waals surface area contributed by atoms with Crippen molar-refractivity contribution in [2.45, 2.75) is 26.2 Å². The van der Waals surface area contributed by atoms with Crippen LogP contribution in [0.5, 0.6) is 0 Å². The first-order chi connectivity index (χ1) is 12.7. The lowest BCUT2D eigenvalue weighted by Gasteiger charge is -2.13. The van der Waals surface area contributed by atoms with Crippen molar-refractivity contribution < 1.29 is 0 Å². The summed E-state index contributed by atoms with van der Waals surface area (Å²) in [6, 6.07) is 12.8. The summed E-state index contributed by atoms with van der Waals surface area (Å²) in [5.74, 6) is 3.96. The zero-order valence-corrected chi connectivity index (χ0v) is 15.1. The highest BCUT2D eigenvalue weighted by atomic mass is 15.0. The topological polar surface area (TPSA) is 50.7 Å². The number of nitrogens with one attached hydrogen (secondary N) is 1. The van der Waals surface area contributed by atoms with Gasteiger partial charge in [0.05, 0.1) is 0 Å². The van der Waals surface area contributed by atoms with Crippen molar-refractivity contribution in [1.29, 1.82) is 0 Å². The molecular formula is C22H22N4. The summed E-state index contributed by atoms with van der Waals surface area (Å²) in [6.45, 7) is 5.12. The Morgan fingerprint density at radius 2 is 1.96 bits per heavy atom. The predicted molar refractivity (Wildman–Crippen MR) is 103 cm³/mol. The van der Waals surface area contributed by atoms with Gasteiger partial charge in [0.15, 0.2) is 5.82 Å². The van der Waals surface area contributed by atoms with Crippen molar-refractivity contribution in [2.24, 2.45) is 11.8 Å². The van der Waals surface area contributed by atoms with E-state index in [2.05, 4.69) is 46.5 Å². The zero-order chi connectivity index (χ0) is 17.7. The summed E-state index contributed by atoms with van der Waals surface area (Å²) < 4.78 is 0. The lowest BCUT2D eigenvalue weighted by atomic mass is 10.0. The lowest BCUT2D eigenvalue weighted by Crippen LogP contribution is -2.12. The fourth-order valence-corrected chi connectivity index (χ4v) is 4.40. The standard InChI is InChI=1S/C22H22N4/c1-13-14(2)25-22(16-7-5-9-23-11-16)26-21(13)24-12-19-18-10-15-6-3-4-8-17(15)20(18)19/h3-9,11,18-20H,10,12H2,1-2H3,(H,24,25,26). The lowest BCUT2D eigenvalue weighted by molar-refractivity contribution is 0.717. The Bertz CT molecular complexity index is 967. The van der Waals surface area contributed by atoms with Crippen molar-refractivity contribution in [3.05, 3.63) is 71.2 Å². The Labute approximate surface area is 153 Å². The van der Waals surface area contributed by atoms with Crippen LogP contribution in [-0.4, -0.2) is 21.5 Å². The molecule has 0 amide bonds. The number of benzene rings is 1. The molecule has 4 heteroatoms. The molecule has 3 aromatic rings. The molecule has 130 valence electrons. The van der Waals surface area contributed by atoms with Gasteiger partial charge in [-0.1, -0.05) is 24.3 Å². The molecule has 3 atom stereocenters. The molecular weight excluding hydrogens is 320 g/mol. The number of hydrogen-bond acceptors (Lipinski definition) is 4. The van der Waals surface area contributed by atoms with Crippen LogP contribution in [0.3, 0.4) is 0 Å². The summed E-state index contributed by atoms with van der Waals surface area (Å²) in [6.07, 6.45) is 4.82. The van der Waals surface area contributed by atoms with Gasteiger partial charge in [0, 0.05) is 35.8 Å². The second kappa shape index (κ2) is 5.90. The summed E-state index contributed by atoms with van der Waals surface area (Å²) >= 11 is 0. The SMILES string of the molecule is Cc1nc(-c2cccnc2)nc(NCC2C3Cc4ccccc4C23)c1C. The molecule has 3 unspecified atom stereocenters. The third kappa shape index (κ3) is 2.48. The van der Waals surface area contributed by atoms with Gasteiger partial charge in [-0.05, 0) is 61.3 Å². The summed E-state index contributed by atoms with van der Waals surface area (Å²) in [4.78, 5) is 13.6. The molecule has 2 aromatic heterocycles. The predicted octanol–water partition coefficient (Wildman–Crippen LogP) is 4.15. The number of aromatic nitrogens is 3. The van der Waals surface area contributed by atoms with Crippen molar-refractivity contribution >= 4 is 5.82 Å². The Balaban J connectivity index is 1.35. The van der Waals surface area contributed by atoms with Crippen LogP contribution in [0.25, 0.3) is 11.4 Å². The van der Waals surface area contributed by atoms with Crippen LogP contribution >= 0.6 is 0 Å². The minimum atomic E-state index is 0.724. The van der Waals surface area contributed by atoms with Crippen molar-refractivity contribution in [2.75, 3.05) is 11.9 Å². The van der Waals surface area contributed by atoms with Gasteiger partial charge < -0.3 is 5.32 Å². The molecule has 5 rings (SSSR count). The third-order valence-electron chi connectivity index (χ3n) is 6.02. The normalized spacial score (nSPS) is 22.6. The number of aryl methyl sites for hydroxylation is 1. The molecule has 0 spiro atoms. The van der Waals surface area contributed by atoms with Gasteiger partial charge in [-0.3, -0.25) is 4.98 Å². The number of rotatable bonds is 4. The van der Waals surface area contributed by atoms with E-state index in [-0.39, 0.29) is 0 Å². The molecule has 4 nitrogen and oxygen atoms in total. The molecule has 0 aliphatic heterocycles. The largest absolute Gasteiger partial charge is 0.369 e. The molecule has 1 fully saturated rings. The van der Waals surface area contributed by atoms with Crippen molar-refractivity contribution in [3.8, 4) is 11.4 Å². The molecule has 2 aliphatic rings. The van der Waals surface area contributed by atoms with E-state index in [4.69, 9.17) is 4.98 Å². The fourth-order valence-electron chi connectivity index (χ4n) is 4.40. The fraction of sp³-hybridized carbons (Fsp3) is 0.318. The first kappa shape index (κ1) is 15.5. The Kier molecular flexibility index (Phi) is 3.52. The van der Waals surface area contributed by atoms with Crippen LogP contribution in [0, 0.1) is 25.7 Å². The Hall–Kier alpha value is -2.75. The highest BCUT2D eigenvalue weighted by Gasteiger charge is 2.54. The van der Waals surface area contributed by atoms with E-state index in [0.717, 1.165) is 52.8 Å². The van der Waals surface area contributed by atoms with Crippen LogP contribution in [0.1, 0.15) is 28.3 Å². The van der Waals surface area contributed by atoms with Gasteiger partial charge in [-0.2, -0.15) is 0 Å². The van der Waals surface area contributed by atoms with E-state index in [1.165, 1.54) is 6.42 Å². The molecule has 2 heterocycles. The molecule has 0 saturated heterocycles. The van der Waals surface area contributed by atoms with Gasteiger partial charge >= 0.3 is 0 Å². The molecule has 1 N–H and O–H groups in total. The molecule has 0 radical (unpaired) electrons. The van der Waals surface area contributed by atoms with Crippen molar-refractivity contribution in [3.63, 3.8) is 0 Å². The number of anilines is 1. The second-order valence-electron chi connectivity index (χ2n) is 7.49. The number of pyridine rings is 1. The summed E-state index contributed by atoms with van der Waals surface area (Å²) in [5, 5.41) is 3.61. The Morgan fingerprint density at radius 3 is 2.81 bits per heavy atom. The molecule has 1 aromatic carbocycles. The minimum absolute atomic E-state index is 0.724. The summed E-state index contributed by atoms with van der Waals surface area (Å²) in [7, 11) is 0. The quantitative estimate of drug-likeness (QED) is 0.774. The average Bonchev–Trinajstić information content (AvgIpc) is 3.21. The van der Waals surface area contributed by atoms with Crippen LogP contribution in [0.4, 0.5) is 5.82 Å². The van der Waals surface area contributed by atoms with E-state index in [1.807, 2.05) is 25.3 Å². The maximum atomic E-state index is 4.78. The monoisotopic (exact) mass is 342 g/mol. The number of fused-ring (bicyclic) bond motifs is 3. The smallest absolute Gasteiger partial charge is 0.163 e. The van der Waals surface area contributed by atoms with E-state index in [9.17, 15) is 0 Å². The second-order valence-corrected chi connectivity index (χ2v) is 7.49. The van der Waals surface area contributed by atoms with Gasteiger partial charge in [0.1, 0.15) is 5.82 Å². The first-order valence-corrected chi connectivity index (χ1v) is 9.29. The number of nitrogens with zero attached hydrogens (tertiary/aromatic N) is 3. The van der Waals surface area contributed by atoms with Gasteiger partial charge in [-0.25, -0.2) is 9.97 Å². The zero-order valence-electron chi connectivity index (χ0n) is 15.1. The van der Waals surface area contributed by atoms with Crippen LogP contribution < -0.4 is 5.32 Å². The van der Waals surface area contributed by atoms with Crippen LogP contribution in [0.15, 0.2) is 48.8 Å². The first-order valence-electron chi connectivity index (χ1n) is 9.29. The third-order valence-corrected chi connectivity index (χ3v) is 6.02. The Morgan fingerprint density at radius 1 is 1.08 bits per heavy atom. The van der Waals surface area contributed by atoms with E-state index in [0.29, 0.717) is 0 Å².